The predicted molar refractivity (Wildman–Crippen MR) is 79.3 cm³/mol. The van der Waals surface area contributed by atoms with Gasteiger partial charge in [-0.05, 0) is 18.1 Å². The van der Waals surface area contributed by atoms with E-state index in [0.717, 1.165) is 12.0 Å². The van der Waals surface area contributed by atoms with Crippen molar-refractivity contribution in [2.45, 2.75) is 26.3 Å². The van der Waals surface area contributed by atoms with Gasteiger partial charge in [-0.1, -0.05) is 24.6 Å². The maximum Gasteiger partial charge on any atom is 0.348 e. The van der Waals surface area contributed by atoms with Gasteiger partial charge in [-0.25, -0.2) is 9.97 Å². The van der Waals surface area contributed by atoms with Crippen LogP contribution >= 0.6 is 11.6 Å². The molecule has 0 aliphatic heterocycles. The number of aromatic nitrogens is 3. The van der Waals surface area contributed by atoms with Gasteiger partial charge in [0, 0.05) is 25.4 Å². The minimum Gasteiger partial charge on any atom is -0.360 e. The Morgan fingerprint density at radius 1 is 1.43 bits per heavy atom. The standard InChI is InChI=1S/C13H14ClN5O2/c1-2-4-10-17-12(14)11(19(20)21)13(18-10)16-8-9-5-3-6-15-7-9/h3,5-7H,2,4,8H2,1H3,(H,16,17,18). The van der Waals surface area contributed by atoms with E-state index in [0.29, 0.717) is 18.8 Å². The zero-order chi connectivity index (χ0) is 15.2. The number of halogens is 1. The number of pyridine rings is 1. The molecule has 21 heavy (non-hydrogen) atoms. The van der Waals surface area contributed by atoms with Crippen LogP contribution in [0.25, 0.3) is 0 Å². The smallest absolute Gasteiger partial charge is 0.348 e. The molecule has 1 N–H and O–H groups in total. The number of anilines is 1. The molecule has 0 unspecified atom stereocenters. The topological polar surface area (TPSA) is 93.8 Å². The molecule has 2 rings (SSSR count). The summed E-state index contributed by atoms with van der Waals surface area (Å²) in [6.45, 7) is 2.34. The third-order valence-corrected chi connectivity index (χ3v) is 2.99. The summed E-state index contributed by atoms with van der Waals surface area (Å²) in [6, 6.07) is 3.66. The van der Waals surface area contributed by atoms with E-state index in [-0.39, 0.29) is 16.7 Å². The van der Waals surface area contributed by atoms with Gasteiger partial charge >= 0.3 is 5.69 Å². The molecule has 7 nitrogen and oxygen atoms in total. The van der Waals surface area contributed by atoms with Crippen LogP contribution in [0.5, 0.6) is 0 Å². The molecule has 2 heterocycles. The highest BCUT2D eigenvalue weighted by atomic mass is 35.5. The molecule has 0 aliphatic rings. The highest BCUT2D eigenvalue weighted by Gasteiger charge is 2.23. The van der Waals surface area contributed by atoms with Crippen molar-refractivity contribution >= 4 is 23.1 Å². The number of nitrogens with zero attached hydrogens (tertiary/aromatic N) is 4. The molecular formula is C13H14ClN5O2. The molecular weight excluding hydrogens is 294 g/mol. The molecule has 0 atom stereocenters. The Hall–Kier alpha value is -2.28. The number of hydrogen-bond acceptors (Lipinski definition) is 6. The van der Waals surface area contributed by atoms with Crippen molar-refractivity contribution in [2.75, 3.05) is 5.32 Å². The molecule has 0 radical (unpaired) electrons. The second-order valence-electron chi connectivity index (χ2n) is 4.35. The monoisotopic (exact) mass is 307 g/mol. The average molecular weight is 308 g/mol. The highest BCUT2D eigenvalue weighted by molar-refractivity contribution is 6.31. The summed E-state index contributed by atoms with van der Waals surface area (Å²) in [7, 11) is 0. The maximum atomic E-state index is 11.1. The Labute approximate surface area is 126 Å². The first-order chi connectivity index (χ1) is 10.1. The Morgan fingerprint density at radius 3 is 2.86 bits per heavy atom. The van der Waals surface area contributed by atoms with Gasteiger partial charge < -0.3 is 5.32 Å². The van der Waals surface area contributed by atoms with Crippen molar-refractivity contribution in [1.82, 2.24) is 15.0 Å². The first kappa shape index (κ1) is 15.1. The Morgan fingerprint density at radius 2 is 2.24 bits per heavy atom. The minimum absolute atomic E-state index is 0.132. The summed E-state index contributed by atoms with van der Waals surface area (Å²) in [4.78, 5) is 22.7. The van der Waals surface area contributed by atoms with Gasteiger partial charge in [0.05, 0.1) is 4.92 Å². The average Bonchev–Trinajstić information content (AvgIpc) is 2.45. The zero-order valence-corrected chi connectivity index (χ0v) is 12.2. The van der Waals surface area contributed by atoms with E-state index in [1.165, 1.54) is 0 Å². The van der Waals surface area contributed by atoms with Crippen LogP contribution in [0.4, 0.5) is 11.5 Å². The van der Waals surface area contributed by atoms with Crippen molar-refractivity contribution in [2.24, 2.45) is 0 Å². The number of nitro groups is 1. The van der Waals surface area contributed by atoms with Gasteiger partial charge in [0.2, 0.25) is 11.0 Å². The summed E-state index contributed by atoms with van der Waals surface area (Å²) < 4.78 is 0. The normalized spacial score (nSPS) is 10.4. The Kier molecular flexibility index (Phi) is 4.99. The van der Waals surface area contributed by atoms with Crippen molar-refractivity contribution in [3.8, 4) is 0 Å². The van der Waals surface area contributed by atoms with Crippen molar-refractivity contribution in [3.63, 3.8) is 0 Å². The van der Waals surface area contributed by atoms with Crippen molar-refractivity contribution in [1.29, 1.82) is 0 Å². The lowest BCUT2D eigenvalue weighted by Gasteiger charge is -2.08. The molecule has 0 spiro atoms. The lowest BCUT2D eigenvalue weighted by molar-refractivity contribution is -0.384. The SMILES string of the molecule is CCCc1nc(Cl)c([N+](=O)[O-])c(NCc2cccnc2)n1. The first-order valence-electron chi connectivity index (χ1n) is 6.45. The number of aryl methyl sites for hydroxylation is 1. The van der Waals surface area contributed by atoms with Crippen LogP contribution in [-0.4, -0.2) is 19.9 Å². The molecule has 0 amide bonds. The molecule has 0 bridgehead atoms. The first-order valence-corrected chi connectivity index (χ1v) is 6.83. The summed E-state index contributed by atoms with van der Waals surface area (Å²) in [5, 5.41) is 13.9. The number of rotatable bonds is 6. The third kappa shape index (κ3) is 3.85. The molecule has 8 heteroatoms. The Bertz CT molecular complexity index is 636. The summed E-state index contributed by atoms with van der Waals surface area (Å²) in [5.41, 5.74) is 0.582. The summed E-state index contributed by atoms with van der Waals surface area (Å²) in [5.74, 6) is 0.620. The molecule has 0 fully saturated rings. The molecule has 0 aromatic carbocycles. The van der Waals surface area contributed by atoms with E-state index in [2.05, 4.69) is 20.3 Å². The Balaban J connectivity index is 2.28. The van der Waals surface area contributed by atoms with E-state index in [4.69, 9.17) is 11.6 Å². The molecule has 0 saturated carbocycles. The zero-order valence-electron chi connectivity index (χ0n) is 11.4. The van der Waals surface area contributed by atoms with Gasteiger partial charge in [0.15, 0.2) is 0 Å². The third-order valence-electron chi connectivity index (χ3n) is 2.73. The van der Waals surface area contributed by atoms with E-state index in [9.17, 15) is 10.1 Å². The molecule has 0 aliphatic carbocycles. The van der Waals surface area contributed by atoms with Crippen LogP contribution in [0.2, 0.25) is 5.15 Å². The summed E-state index contributed by atoms with van der Waals surface area (Å²) in [6.07, 6.45) is 4.77. The van der Waals surface area contributed by atoms with Crippen LogP contribution < -0.4 is 5.32 Å². The van der Waals surface area contributed by atoms with E-state index in [1.807, 2.05) is 13.0 Å². The molecule has 0 saturated heterocycles. The van der Waals surface area contributed by atoms with Crippen LogP contribution in [0.15, 0.2) is 24.5 Å². The van der Waals surface area contributed by atoms with Crippen molar-refractivity contribution in [3.05, 3.63) is 51.2 Å². The lowest BCUT2D eigenvalue weighted by atomic mass is 10.3. The molecule has 2 aromatic rings. The fourth-order valence-corrected chi connectivity index (χ4v) is 2.04. The largest absolute Gasteiger partial charge is 0.360 e. The predicted octanol–water partition coefficient (Wildman–Crippen LogP) is 3.00. The number of nitrogens with one attached hydrogen (secondary N) is 1. The van der Waals surface area contributed by atoms with Crippen molar-refractivity contribution < 1.29 is 4.92 Å². The minimum atomic E-state index is -0.580. The fourth-order valence-electron chi connectivity index (χ4n) is 1.78. The van der Waals surface area contributed by atoms with Gasteiger partial charge in [-0.15, -0.1) is 0 Å². The fraction of sp³-hybridized carbons (Fsp3) is 0.308. The summed E-state index contributed by atoms with van der Waals surface area (Å²) >= 11 is 5.90. The second kappa shape index (κ2) is 6.94. The quantitative estimate of drug-likeness (QED) is 0.501. The van der Waals surface area contributed by atoms with Gasteiger partial charge in [-0.3, -0.25) is 15.1 Å². The van der Waals surface area contributed by atoms with E-state index >= 15 is 0 Å². The van der Waals surface area contributed by atoms with E-state index < -0.39 is 4.92 Å². The maximum absolute atomic E-state index is 11.1. The molecule has 2 aromatic heterocycles. The highest BCUT2D eigenvalue weighted by Crippen LogP contribution is 2.30. The van der Waals surface area contributed by atoms with Crippen LogP contribution in [0.3, 0.4) is 0 Å². The van der Waals surface area contributed by atoms with Crippen LogP contribution in [0, 0.1) is 10.1 Å². The molecule has 110 valence electrons. The van der Waals surface area contributed by atoms with Gasteiger partial charge in [0.25, 0.3) is 0 Å². The lowest BCUT2D eigenvalue weighted by Crippen LogP contribution is -2.09. The van der Waals surface area contributed by atoms with Crippen LogP contribution in [-0.2, 0) is 13.0 Å². The van der Waals surface area contributed by atoms with Gasteiger partial charge in [-0.2, -0.15) is 0 Å². The number of hydrogen-bond donors (Lipinski definition) is 1. The van der Waals surface area contributed by atoms with E-state index in [1.54, 1.807) is 18.5 Å². The van der Waals surface area contributed by atoms with Gasteiger partial charge in [0.1, 0.15) is 5.82 Å². The van der Waals surface area contributed by atoms with Crippen LogP contribution in [0.1, 0.15) is 24.7 Å². The second-order valence-corrected chi connectivity index (χ2v) is 4.71.